The van der Waals surface area contributed by atoms with Crippen molar-refractivity contribution in [2.45, 2.75) is 13.5 Å². The van der Waals surface area contributed by atoms with E-state index < -0.39 is 0 Å². The predicted molar refractivity (Wildman–Crippen MR) is 72.4 cm³/mol. The van der Waals surface area contributed by atoms with Crippen molar-refractivity contribution in [2.75, 3.05) is 11.4 Å². The average Bonchev–Trinajstić information content (AvgIpc) is 2.39. The number of halogens is 1. The summed E-state index contributed by atoms with van der Waals surface area (Å²) in [6.07, 6.45) is 1.83. The van der Waals surface area contributed by atoms with E-state index in [1.54, 1.807) is 0 Å². The third-order valence-electron chi connectivity index (χ3n) is 2.67. The lowest BCUT2D eigenvalue weighted by Crippen LogP contribution is -2.21. The number of aromatic nitrogens is 1. The van der Waals surface area contributed by atoms with Crippen LogP contribution in [-0.2, 0) is 6.54 Å². The molecule has 0 aliphatic heterocycles. The zero-order valence-corrected chi connectivity index (χ0v) is 10.6. The molecule has 0 bridgehead atoms. The zero-order valence-electron chi connectivity index (χ0n) is 9.81. The van der Waals surface area contributed by atoms with Gasteiger partial charge in [-0.1, -0.05) is 35.9 Å². The van der Waals surface area contributed by atoms with Crippen LogP contribution in [0.1, 0.15) is 12.5 Å². The fourth-order valence-electron chi connectivity index (χ4n) is 1.74. The van der Waals surface area contributed by atoms with Gasteiger partial charge < -0.3 is 4.90 Å². The molecule has 0 amide bonds. The van der Waals surface area contributed by atoms with E-state index in [0.29, 0.717) is 5.15 Å². The van der Waals surface area contributed by atoms with Gasteiger partial charge >= 0.3 is 0 Å². The van der Waals surface area contributed by atoms with Gasteiger partial charge in [0.05, 0.1) is 0 Å². The van der Waals surface area contributed by atoms with Gasteiger partial charge in [-0.3, -0.25) is 0 Å². The second-order valence-electron chi connectivity index (χ2n) is 3.84. The fraction of sp³-hybridized carbons (Fsp3) is 0.214. The maximum absolute atomic E-state index is 5.77. The SMILES string of the molecule is CCN(Cc1ccc(Cl)nc1)c1ccccc1. The molecule has 0 radical (unpaired) electrons. The molecule has 0 spiro atoms. The van der Waals surface area contributed by atoms with E-state index >= 15 is 0 Å². The summed E-state index contributed by atoms with van der Waals surface area (Å²) in [7, 11) is 0. The molecule has 2 nitrogen and oxygen atoms in total. The molecule has 2 aromatic rings. The lowest BCUT2D eigenvalue weighted by molar-refractivity contribution is 0.828. The van der Waals surface area contributed by atoms with E-state index in [0.717, 1.165) is 13.1 Å². The van der Waals surface area contributed by atoms with Crippen LogP contribution in [0.4, 0.5) is 5.69 Å². The van der Waals surface area contributed by atoms with Crippen LogP contribution in [0.25, 0.3) is 0 Å². The van der Waals surface area contributed by atoms with E-state index in [2.05, 4.69) is 41.1 Å². The Morgan fingerprint density at radius 1 is 1.12 bits per heavy atom. The van der Waals surface area contributed by atoms with Gasteiger partial charge in [0.25, 0.3) is 0 Å². The Kier molecular flexibility index (Phi) is 3.99. The summed E-state index contributed by atoms with van der Waals surface area (Å²) in [4.78, 5) is 6.40. The number of para-hydroxylation sites is 1. The minimum absolute atomic E-state index is 0.538. The van der Waals surface area contributed by atoms with Crippen LogP contribution in [0.15, 0.2) is 48.7 Å². The van der Waals surface area contributed by atoms with E-state index in [-0.39, 0.29) is 0 Å². The molecular weight excluding hydrogens is 232 g/mol. The minimum Gasteiger partial charge on any atom is -0.367 e. The second-order valence-corrected chi connectivity index (χ2v) is 4.23. The number of benzene rings is 1. The molecule has 0 aliphatic rings. The minimum atomic E-state index is 0.538. The summed E-state index contributed by atoms with van der Waals surface area (Å²) in [6, 6.07) is 14.2. The summed E-state index contributed by atoms with van der Waals surface area (Å²) in [5.74, 6) is 0. The smallest absolute Gasteiger partial charge is 0.129 e. The summed E-state index contributed by atoms with van der Waals surface area (Å²) < 4.78 is 0. The first-order valence-corrected chi connectivity index (χ1v) is 6.08. The lowest BCUT2D eigenvalue weighted by atomic mass is 10.2. The molecule has 0 fully saturated rings. The van der Waals surface area contributed by atoms with Crippen molar-refractivity contribution in [3.8, 4) is 0 Å². The molecule has 3 heteroatoms. The topological polar surface area (TPSA) is 16.1 Å². The number of pyridine rings is 1. The predicted octanol–water partition coefficient (Wildman–Crippen LogP) is 3.76. The van der Waals surface area contributed by atoms with Gasteiger partial charge in [-0.25, -0.2) is 4.98 Å². The number of nitrogens with zero attached hydrogens (tertiary/aromatic N) is 2. The van der Waals surface area contributed by atoms with Gasteiger partial charge in [-0.15, -0.1) is 0 Å². The van der Waals surface area contributed by atoms with E-state index in [4.69, 9.17) is 11.6 Å². The van der Waals surface area contributed by atoms with Crippen LogP contribution in [0.3, 0.4) is 0 Å². The number of anilines is 1. The zero-order chi connectivity index (χ0) is 12.1. The number of hydrogen-bond donors (Lipinski definition) is 0. The van der Waals surface area contributed by atoms with Crippen LogP contribution in [0.2, 0.25) is 5.15 Å². The number of rotatable bonds is 4. The molecule has 88 valence electrons. The summed E-state index contributed by atoms with van der Waals surface area (Å²) >= 11 is 5.77. The first kappa shape index (κ1) is 11.9. The van der Waals surface area contributed by atoms with Gasteiger partial charge in [-0.05, 0) is 30.7 Å². The van der Waals surface area contributed by atoms with Crippen molar-refractivity contribution in [1.29, 1.82) is 0 Å². The molecule has 0 N–H and O–H groups in total. The Morgan fingerprint density at radius 2 is 1.88 bits per heavy atom. The molecule has 1 aromatic heterocycles. The van der Waals surface area contributed by atoms with Crippen molar-refractivity contribution in [3.05, 3.63) is 59.4 Å². The maximum Gasteiger partial charge on any atom is 0.129 e. The highest BCUT2D eigenvalue weighted by Crippen LogP contribution is 2.16. The Morgan fingerprint density at radius 3 is 2.47 bits per heavy atom. The van der Waals surface area contributed by atoms with Crippen LogP contribution in [-0.4, -0.2) is 11.5 Å². The highest BCUT2D eigenvalue weighted by molar-refractivity contribution is 6.29. The first-order valence-electron chi connectivity index (χ1n) is 5.70. The highest BCUT2D eigenvalue weighted by atomic mass is 35.5. The molecule has 0 aliphatic carbocycles. The Bertz CT molecular complexity index is 453. The molecule has 17 heavy (non-hydrogen) atoms. The summed E-state index contributed by atoms with van der Waals surface area (Å²) in [6.45, 7) is 3.97. The normalized spacial score (nSPS) is 10.2. The first-order chi connectivity index (χ1) is 8.29. The molecule has 1 aromatic carbocycles. The standard InChI is InChI=1S/C14H15ClN2/c1-2-17(13-6-4-3-5-7-13)11-12-8-9-14(15)16-10-12/h3-10H,2,11H2,1H3. The van der Waals surface area contributed by atoms with Crippen molar-refractivity contribution in [3.63, 3.8) is 0 Å². The van der Waals surface area contributed by atoms with Crippen LogP contribution in [0.5, 0.6) is 0 Å². The highest BCUT2D eigenvalue weighted by Gasteiger charge is 2.04. The summed E-state index contributed by atoms with van der Waals surface area (Å²) in [5, 5.41) is 0.538. The third kappa shape index (κ3) is 3.21. The van der Waals surface area contributed by atoms with Gasteiger partial charge in [0.2, 0.25) is 0 Å². The largest absolute Gasteiger partial charge is 0.367 e. The molecule has 0 saturated heterocycles. The number of hydrogen-bond acceptors (Lipinski definition) is 2. The quantitative estimate of drug-likeness (QED) is 0.764. The van der Waals surface area contributed by atoms with Crippen molar-refractivity contribution in [1.82, 2.24) is 4.98 Å². The van der Waals surface area contributed by atoms with Crippen molar-refractivity contribution < 1.29 is 0 Å². The van der Waals surface area contributed by atoms with Gasteiger partial charge in [0, 0.05) is 25.0 Å². The monoisotopic (exact) mass is 246 g/mol. The second kappa shape index (κ2) is 5.69. The lowest BCUT2D eigenvalue weighted by Gasteiger charge is -2.23. The van der Waals surface area contributed by atoms with Crippen molar-refractivity contribution in [2.24, 2.45) is 0 Å². The Hall–Kier alpha value is -1.54. The molecule has 2 rings (SSSR count). The Labute approximate surface area is 107 Å². The van der Waals surface area contributed by atoms with Gasteiger partial charge in [-0.2, -0.15) is 0 Å². The molecular formula is C14H15ClN2. The van der Waals surface area contributed by atoms with E-state index in [1.807, 2.05) is 24.4 Å². The van der Waals surface area contributed by atoms with Crippen molar-refractivity contribution >= 4 is 17.3 Å². The van der Waals surface area contributed by atoms with Crippen LogP contribution < -0.4 is 4.90 Å². The molecule has 1 heterocycles. The molecule has 0 atom stereocenters. The van der Waals surface area contributed by atoms with E-state index in [9.17, 15) is 0 Å². The van der Waals surface area contributed by atoms with E-state index in [1.165, 1.54) is 11.3 Å². The third-order valence-corrected chi connectivity index (χ3v) is 2.89. The maximum atomic E-state index is 5.77. The summed E-state index contributed by atoms with van der Waals surface area (Å²) in [5.41, 5.74) is 2.39. The van der Waals surface area contributed by atoms with Gasteiger partial charge in [0.15, 0.2) is 0 Å². The average molecular weight is 247 g/mol. The Balaban J connectivity index is 2.13. The molecule has 0 saturated carbocycles. The van der Waals surface area contributed by atoms with Crippen LogP contribution in [0, 0.1) is 0 Å². The van der Waals surface area contributed by atoms with Gasteiger partial charge in [0.1, 0.15) is 5.15 Å². The fourth-order valence-corrected chi connectivity index (χ4v) is 1.86. The molecule has 0 unspecified atom stereocenters. The van der Waals surface area contributed by atoms with Crippen LogP contribution >= 0.6 is 11.6 Å².